The van der Waals surface area contributed by atoms with E-state index in [2.05, 4.69) is 77.9 Å². The molecule has 2 nitrogen and oxygen atoms in total. The number of hydrogen-bond acceptors (Lipinski definition) is 2. The quantitative estimate of drug-likeness (QED) is 0.833. The summed E-state index contributed by atoms with van der Waals surface area (Å²) in [6, 6.07) is 8.69. The molecule has 2 aromatic rings. The largest absolute Gasteiger partial charge is 0.355 e. The average molecular weight is 319 g/mol. The van der Waals surface area contributed by atoms with Gasteiger partial charge in [-0.05, 0) is 59.5 Å². The molecule has 0 aliphatic carbocycles. The molecule has 0 radical (unpaired) electrons. The Morgan fingerprint density at radius 3 is 2.47 bits per heavy atom. The molecule has 0 unspecified atom stereocenters. The lowest BCUT2D eigenvalue weighted by molar-refractivity contribution is 0.887. The fourth-order valence-electron chi connectivity index (χ4n) is 2.09. The van der Waals surface area contributed by atoms with Crippen LogP contribution in [0.1, 0.15) is 22.3 Å². The van der Waals surface area contributed by atoms with Gasteiger partial charge in [0.2, 0.25) is 0 Å². The third-order valence-electron chi connectivity index (χ3n) is 3.33. The minimum absolute atomic E-state index is 0.875. The predicted molar refractivity (Wildman–Crippen MR) is 84.7 cm³/mol. The van der Waals surface area contributed by atoms with Gasteiger partial charge in [-0.15, -0.1) is 0 Å². The Morgan fingerprint density at radius 2 is 1.84 bits per heavy atom. The first kappa shape index (κ1) is 14.1. The summed E-state index contributed by atoms with van der Waals surface area (Å²) in [6.07, 6.45) is 1.86. The molecule has 0 bridgehead atoms. The molecule has 3 heteroatoms. The zero-order valence-electron chi connectivity index (χ0n) is 11.9. The molecule has 0 aliphatic rings. The molecule has 1 aromatic heterocycles. The molecule has 19 heavy (non-hydrogen) atoms. The Labute approximate surface area is 123 Å². The molecule has 0 saturated carbocycles. The highest BCUT2D eigenvalue weighted by Crippen LogP contribution is 2.21. The van der Waals surface area contributed by atoms with Crippen LogP contribution in [0.15, 0.2) is 34.9 Å². The SMILES string of the molecule is Cc1ccc(CN(C)c2cc(C)c(Br)cn2)c(C)c1. The van der Waals surface area contributed by atoms with E-state index in [-0.39, 0.29) is 0 Å². The van der Waals surface area contributed by atoms with E-state index in [9.17, 15) is 0 Å². The highest BCUT2D eigenvalue weighted by atomic mass is 79.9. The minimum atomic E-state index is 0.875. The standard InChI is InChI=1S/C16H19BrN2/c1-11-5-6-14(12(2)7-11)10-19(4)16-8-13(3)15(17)9-18-16/h5-9H,10H2,1-4H3. The molecule has 0 aliphatic heterocycles. The van der Waals surface area contributed by atoms with E-state index >= 15 is 0 Å². The van der Waals surface area contributed by atoms with Crippen LogP contribution in [0.5, 0.6) is 0 Å². The zero-order valence-corrected chi connectivity index (χ0v) is 13.5. The second-order valence-electron chi connectivity index (χ2n) is 5.08. The summed E-state index contributed by atoms with van der Waals surface area (Å²) in [7, 11) is 2.08. The molecule has 1 heterocycles. The Bertz CT molecular complexity index is 593. The van der Waals surface area contributed by atoms with E-state index < -0.39 is 0 Å². The fourth-order valence-corrected chi connectivity index (χ4v) is 2.31. The lowest BCUT2D eigenvalue weighted by Gasteiger charge is -2.20. The topological polar surface area (TPSA) is 16.1 Å². The van der Waals surface area contributed by atoms with Crippen molar-refractivity contribution in [2.24, 2.45) is 0 Å². The van der Waals surface area contributed by atoms with Crippen molar-refractivity contribution in [2.45, 2.75) is 27.3 Å². The van der Waals surface area contributed by atoms with E-state index in [1.165, 1.54) is 22.3 Å². The van der Waals surface area contributed by atoms with Crippen molar-refractivity contribution in [1.29, 1.82) is 0 Å². The molecule has 0 atom stereocenters. The first-order chi connectivity index (χ1) is 8.97. The van der Waals surface area contributed by atoms with Crippen molar-refractivity contribution in [1.82, 2.24) is 4.98 Å². The van der Waals surface area contributed by atoms with Crippen LogP contribution in [0.4, 0.5) is 5.82 Å². The maximum Gasteiger partial charge on any atom is 0.128 e. The van der Waals surface area contributed by atoms with Gasteiger partial charge in [0.05, 0.1) is 0 Å². The lowest BCUT2D eigenvalue weighted by Crippen LogP contribution is -2.18. The number of aromatic nitrogens is 1. The maximum atomic E-state index is 4.46. The van der Waals surface area contributed by atoms with Crippen LogP contribution < -0.4 is 4.90 Å². The van der Waals surface area contributed by atoms with Crippen molar-refractivity contribution < 1.29 is 0 Å². The van der Waals surface area contributed by atoms with Gasteiger partial charge < -0.3 is 4.90 Å². The fraction of sp³-hybridized carbons (Fsp3) is 0.312. The number of anilines is 1. The lowest BCUT2D eigenvalue weighted by atomic mass is 10.1. The van der Waals surface area contributed by atoms with E-state index in [0.717, 1.165) is 16.8 Å². The number of rotatable bonds is 3. The van der Waals surface area contributed by atoms with Crippen LogP contribution in [-0.4, -0.2) is 12.0 Å². The van der Waals surface area contributed by atoms with Crippen molar-refractivity contribution in [3.63, 3.8) is 0 Å². The van der Waals surface area contributed by atoms with E-state index in [4.69, 9.17) is 0 Å². The van der Waals surface area contributed by atoms with Crippen molar-refractivity contribution in [2.75, 3.05) is 11.9 Å². The van der Waals surface area contributed by atoms with Gasteiger partial charge in [0.1, 0.15) is 5.82 Å². The molecule has 0 saturated heterocycles. The van der Waals surface area contributed by atoms with Gasteiger partial charge >= 0.3 is 0 Å². The summed E-state index contributed by atoms with van der Waals surface area (Å²) in [5.41, 5.74) is 5.19. The molecule has 0 N–H and O–H groups in total. The smallest absolute Gasteiger partial charge is 0.128 e. The second-order valence-corrected chi connectivity index (χ2v) is 5.93. The number of aryl methyl sites for hydroxylation is 3. The Balaban J connectivity index is 2.20. The van der Waals surface area contributed by atoms with Gasteiger partial charge in [-0.1, -0.05) is 23.8 Å². The second kappa shape index (κ2) is 5.74. The Hall–Kier alpha value is -1.35. The van der Waals surface area contributed by atoms with Gasteiger partial charge in [0.15, 0.2) is 0 Å². The summed E-state index contributed by atoms with van der Waals surface area (Å²) in [6.45, 7) is 7.25. The summed E-state index contributed by atoms with van der Waals surface area (Å²) < 4.78 is 1.05. The highest BCUT2D eigenvalue weighted by Gasteiger charge is 2.07. The van der Waals surface area contributed by atoms with E-state index in [0.29, 0.717) is 0 Å². The molecule has 100 valence electrons. The van der Waals surface area contributed by atoms with Crippen molar-refractivity contribution in [3.8, 4) is 0 Å². The molecule has 0 amide bonds. The number of halogens is 1. The molecule has 0 fully saturated rings. The van der Waals surface area contributed by atoms with Gasteiger partial charge in [0, 0.05) is 24.3 Å². The number of benzene rings is 1. The maximum absolute atomic E-state index is 4.46. The van der Waals surface area contributed by atoms with Crippen molar-refractivity contribution >= 4 is 21.7 Å². The Morgan fingerprint density at radius 1 is 1.11 bits per heavy atom. The van der Waals surface area contributed by atoms with Gasteiger partial charge in [-0.3, -0.25) is 0 Å². The van der Waals surface area contributed by atoms with E-state index in [1.54, 1.807) is 0 Å². The normalized spacial score (nSPS) is 10.6. The third kappa shape index (κ3) is 3.35. The van der Waals surface area contributed by atoms with Crippen LogP contribution in [0.2, 0.25) is 0 Å². The van der Waals surface area contributed by atoms with Crippen molar-refractivity contribution in [3.05, 3.63) is 57.2 Å². The molecule has 1 aromatic carbocycles. The van der Waals surface area contributed by atoms with Crippen LogP contribution in [0.3, 0.4) is 0 Å². The Kier molecular flexibility index (Phi) is 4.25. The van der Waals surface area contributed by atoms with Gasteiger partial charge in [-0.2, -0.15) is 0 Å². The monoisotopic (exact) mass is 318 g/mol. The van der Waals surface area contributed by atoms with Gasteiger partial charge in [-0.25, -0.2) is 4.98 Å². The molecule has 2 rings (SSSR count). The molecule has 0 spiro atoms. The summed E-state index contributed by atoms with van der Waals surface area (Å²) >= 11 is 3.48. The summed E-state index contributed by atoms with van der Waals surface area (Å²) in [5.74, 6) is 1.00. The predicted octanol–water partition coefficient (Wildman–Crippen LogP) is 4.41. The first-order valence-corrected chi connectivity index (χ1v) is 7.16. The highest BCUT2D eigenvalue weighted by molar-refractivity contribution is 9.10. The average Bonchev–Trinajstić information content (AvgIpc) is 2.36. The number of pyridine rings is 1. The van der Waals surface area contributed by atoms with Gasteiger partial charge in [0.25, 0.3) is 0 Å². The zero-order chi connectivity index (χ0) is 14.0. The minimum Gasteiger partial charge on any atom is -0.355 e. The first-order valence-electron chi connectivity index (χ1n) is 6.37. The van der Waals surface area contributed by atoms with E-state index in [1.807, 2.05) is 6.20 Å². The summed E-state index contributed by atoms with van der Waals surface area (Å²) in [5, 5.41) is 0. The van der Waals surface area contributed by atoms with Crippen LogP contribution in [0.25, 0.3) is 0 Å². The number of nitrogens with zero attached hydrogens (tertiary/aromatic N) is 2. The number of hydrogen-bond donors (Lipinski definition) is 0. The molecular formula is C16H19BrN2. The molecular weight excluding hydrogens is 300 g/mol. The van der Waals surface area contributed by atoms with Crippen LogP contribution in [-0.2, 0) is 6.54 Å². The third-order valence-corrected chi connectivity index (χ3v) is 4.16. The van der Waals surface area contributed by atoms with Crippen LogP contribution >= 0.6 is 15.9 Å². The summed E-state index contributed by atoms with van der Waals surface area (Å²) in [4.78, 5) is 6.64. The van der Waals surface area contributed by atoms with Crippen LogP contribution in [0, 0.1) is 20.8 Å².